The maximum absolute atomic E-state index is 12.9. The minimum atomic E-state index is -4.07. The van der Waals surface area contributed by atoms with E-state index in [2.05, 4.69) is 20.8 Å². The van der Waals surface area contributed by atoms with Crippen LogP contribution in [0.25, 0.3) is 0 Å². The molecular weight excluding hydrogens is 225 g/mol. The van der Waals surface area contributed by atoms with Crippen LogP contribution in [-0.4, -0.2) is 6.18 Å². The van der Waals surface area contributed by atoms with Crippen LogP contribution in [0.3, 0.4) is 0 Å². The van der Waals surface area contributed by atoms with Crippen LogP contribution in [-0.2, 0) is 0 Å². The number of rotatable bonds is 4. The maximum Gasteiger partial charge on any atom is 0.392 e. The summed E-state index contributed by atoms with van der Waals surface area (Å²) < 4.78 is 38.6. The molecule has 0 nitrogen and oxygen atoms in total. The molecule has 0 heterocycles. The highest BCUT2D eigenvalue weighted by molar-refractivity contribution is 4.80. The molecule has 0 aliphatic heterocycles. The zero-order valence-corrected chi connectivity index (χ0v) is 12.0. The third-order valence-corrected chi connectivity index (χ3v) is 3.11. The van der Waals surface area contributed by atoms with Gasteiger partial charge in [0.05, 0.1) is 5.92 Å². The molecule has 0 unspecified atom stereocenters. The van der Waals surface area contributed by atoms with Gasteiger partial charge >= 0.3 is 6.18 Å². The van der Waals surface area contributed by atoms with Crippen molar-refractivity contribution in [3.05, 3.63) is 0 Å². The van der Waals surface area contributed by atoms with Crippen LogP contribution in [0.1, 0.15) is 67.2 Å². The Morgan fingerprint density at radius 1 is 0.824 bits per heavy atom. The predicted octanol–water partition coefficient (Wildman–Crippen LogP) is 5.82. The van der Waals surface area contributed by atoms with Crippen molar-refractivity contribution in [2.24, 2.45) is 16.7 Å². The maximum atomic E-state index is 12.9. The van der Waals surface area contributed by atoms with Gasteiger partial charge in [0, 0.05) is 0 Å². The second kappa shape index (κ2) is 5.62. The van der Waals surface area contributed by atoms with Crippen LogP contribution < -0.4 is 0 Å². The van der Waals surface area contributed by atoms with Gasteiger partial charge < -0.3 is 0 Å². The normalized spacial score (nSPS) is 16.1. The molecule has 0 spiro atoms. The molecule has 0 aromatic rings. The van der Waals surface area contributed by atoms with E-state index in [4.69, 9.17) is 0 Å². The van der Waals surface area contributed by atoms with Crippen molar-refractivity contribution in [2.75, 3.05) is 0 Å². The molecule has 0 aliphatic rings. The fraction of sp³-hybridized carbons (Fsp3) is 1.00. The van der Waals surface area contributed by atoms with Gasteiger partial charge in [-0.15, -0.1) is 0 Å². The van der Waals surface area contributed by atoms with E-state index in [1.54, 1.807) is 20.8 Å². The molecule has 104 valence electrons. The Kier molecular flexibility index (Phi) is 5.55. The lowest BCUT2D eigenvalue weighted by molar-refractivity contribution is -0.202. The molecule has 0 aromatic heterocycles. The highest BCUT2D eigenvalue weighted by atomic mass is 19.4. The Bertz CT molecular complexity index is 201. The van der Waals surface area contributed by atoms with E-state index in [1.165, 1.54) is 0 Å². The Hall–Kier alpha value is -0.210. The van der Waals surface area contributed by atoms with Crippen LogP contribution in [0, 0.1) is 16.7 Å². The van der Waals surface area contributed by atoms with E-state index in [9.17, 15) is 13.2 Å². The molecule has 0 aliphatic carbocycles. The average Bonchev–Trinajstić information content (AvgIpc) is 1.95. The standard InChI is InChI=1S/C14H27F3/c1-12(2,3)10-8-7-9-11(13(4,5)6)14(15,16)17/h11H,7-10H2,1-6H3/t11-/m1/s1. The lowest BCUT2D eigenvalue weighted by Crippen LogP contribution is -2.34. The smallest absolute Gasteiger partial charge is 0.171 e. The van der Waals surface area contributed by atoms with Gasteiger partial charge in [0.25, 0.3) is 0 Å². The molecular formula is C14H27F3. The van der Waals surface area contributed by atoms with Crippen LogP contribution >= 0.6 is 0 Å². The van der Waals surface area contributed by atoms with Gasteiger partial charge in [-0.3, -0.25) is 0 Å². The van der Waals surface area contributed by atoms with Crippen LogP contribution in [0.4, 0.5) is 13.2 Å². The van der Waals surface area contributed by atoms with Gasteiger partial charge in [-0.05, 0) is 23.7 Å². The summed E-state index contributed by atoms with van der Waals surface area (Å²) in [7, 11) is 0. The minimum Gasteiger partial charge on any atom is -0.171 e. The first-order valence-electron chi connectivity index (χ1n) is 6.41. The molecule has 0 bridgehead atoms. The quantitative estimate of drug-likeness (QED) is 0.553. The number of alkyl halides is 3. The highest BCUT2D eigenvalue weighted by Gasteiger charge is 2.45. The predicted molar refractivity (Wildman–Crippen MR) is 66.9 cm³/mol. The fourth-order valence-corrected chi connectivity index (χ4v) is 2.09. The van der Waals surface area contributed by atoms with Gasteiger partial charge in [0.1, 0.15) is 0 Å². The lowest BCUT2D eigenvalue weighted by atomic mass is 9.77. The van der Waals surface area contributed by atoms with Crippen molar-refractivity contribution in [1.82, 2.24) is 0 Å². The summed E-state index contributed by atoms with van der Waals surface area (Å²) in [4.78, 5) is 0. The topological polar surface area (TPSA) is 0 Å². The van der Waals surface area contributed by atoms with Gasteiger partial charge in [0.15, 0.2) is 0 Å². The first-order valence-corrected chi connectivity index (χ1v) is 6.41. The Balaban J connectivity index is 4.22. The number of halogens is 3. The minimum absolute atomic E-state index is 0.218. The van der Waals surface area contributed by atoms with Crippen LogP contribution in [0.2, 0.25) is 0 Å². The Morgan fingerprint density at radius 2 is 1.29 bits per heavy atom. The zero-order valence-electron chi connectivity index (χ0n) is 12.0. The largest absolute Gasteiger partial charge is 0.392 e. The molecule has 3 heteroatoms. The summed E-state index contributed by atoms with van der Waals surface area (Å²) in [5, 5.41) is 0. The number of hydrogen-bond acceptors (Lipinski definition) is 0. The van der Waals surface area contributed by atoms with E-state index >= 15 is 0 Å². The van der Waals surface area contributed by atoms with Crippen molar-refractivity contribution in [3.63, 3.8) is 0 Å². The van der Waals surface area contributed by atoms with Crippen LogP contribution in [0.5, 0.6) is 0 Å². The monoisotopic (exact) mass is 252 g/mol. The number of hydrogen-bond donors (Lipinski definition) is 0. The van der Waals surface area contributed by atoms with Crippen molar-refractivity contribution < 1.29 is 13.2 Å². The summed E-state index contributed by atoms with van der Waals surface area (Å²) in [6, 6.07) is 0. The third kappa shape index (κ3) is 7.67. The molecule has 0 amide bonds. The molecule has 0 radical (unpaired) electrons. The van der Waals surface area contributed by atoms with Crippen molar-refractivity contribution in [1.29, 1.82) is 0 Å². The van der Waals surface area contributed by atoms with Gasteiger partial charge in [-0.2, -0.15) is 13.2 Å². The molecule has 0 N–H and O–H groups in total. The van der Waals surface area contributed by atoms with Crippen molar-refractivity contribution in [3.8, 4) is 0 Å². The van der Waals surface area contributed by atoms with Crippen molar-refractivity contribution in [2.45, 2.75) is 73.4 Å². The first kappa shape index (κ1) is 16.8. The Morgan fingerprint density at radius 3 is 1.59 bits per heavy atom. The summed E-state index contributed by atoms with van der Waals surface area (Å²) >= 11 is 0. The first-order chi connectivity index (χ1) is 7.34. The molecule has 17 heavy (non-hydrogen) atoms. The molecule has 0 rings (SSSR count). The SMILES string of the molecule is CC(C)(C)CCCC[C@H](C(C)(C)C)C(F)(F)F. The second-order valence-electron chi connectivity index (χ2n) is 7.27. The molecule has 0 fully saturated rings. The Labute approximate surface area is 104 Å². The van der Waals surface area contributed by atoms with Gasteiger partial charge in [0.2, 0.25) is 0 Å². The molecule has 1 atom stereocenters. The van der Waals surface area contributed by atoms with E-state index < -0.39 is 17.5 Å². The lowest BCUT2D eigenvalue weighted by Gasteiger charge is -2.32. The third-order valence-electron chi connectivity index (χ3n) is 3.11. The van der Waals surface area contributed by atoms with Crippen molar-refractivity contribution >= 4 is 0 Å². The zero-order chi connectivity index (χ0) is 13.9. The molecule has 0 aromatic carbocycles. The molecule has 0 saturated carbocycles. The van der Waals surface area contributed by atoms with E-state index in [0.29, 0.717) is 6.42 Å². The summed E-state index contributed by atoms with van der Waals surface area (Å²) in [6.07, 6.45) is -1.28. The second-order valence-corrected chi connectivity index (χ2v) is 7.27. The fourth-order valence-electron chi connectivity index (χ4n) is 2.09. The van der Waals surface area contributed by atoms with E-state index in [0.717, 1.165) is 12.8 Å². The van der Waals surface area contributed by atoms with Gasteiger partial charge in [-0.1, -0.05) is 54.4 Å². The summed E-state index contributed by atoms with van der Waals surface area (Å²) in [6.45, 7) is 11.4. The number of unbranched alkanes of at least 4 members (excludes halogenated alkanes) is 1. The van der Waals surface area contributed by atoms with E-state index in [1.807, 2.05) is 0 Å². The highest BCUT2D eigenvalue weighted by Crippen LogP contribution is 2.42. The summed E-state index contributed by atoms with van der Waals surface area (Å²) in [5.74, 6) is -1.19. The van der Waals surface area contributed by atoms with E-state index in [-0.39, 0.29) is 11.8 Å². The summed E-state index contributed by atoms with van der Waals surface area (Å²) in [5.41, 5.74) is -0.477. The average molecular weight is 252 g/mol. The van der Waals surface area contributed by atoms with Crippen LogP contribution in [0.15, 0.2) is 0 Å². The molecule has 0 saturated heterocycles. The van der Waals surface area contributed by atoms with Gasteiger partial charge in [-0.25, -0.2) is 0 Å².